The highest BCUT2D eigenvalue weighted by Crippen LogP contribution is 2.47. The molecule has 0 unspecified atom stereocenters. The first-order valence-corrected chi connectivity index (χ1v) is 7.95. The van der Waals surface area contributed by atoms with E-state index in [2.05, 4.69) is 15.7 Å². The molecule has 1 aliphatic rings. The molecule has 2 aromatic rings. The van der Waals surface area contributed by atoms with Crippen molar-refractivity contribution >= 4 is 11.8 Å². The fourth-order valence-corrected chi connectivity index (χ4v) is 2.68. The van der Waals surface area contributed by atoms with Crippen LogP contribution >= 0.6 is 0 Å². The molecule has 0 spiro atoms. The molecule has 128 valence electrons. The highest BCUT2D eigenvalue weighted by Gasteiger charge is 2.44. The molecule has 1 saturated carbocycles. The molecule has 6 nitrogen and oxygen atoms in total. The maximum absolute atomic E-state index is 13.4. The summed E-state index contributed by atoms with van der Waals surface area (Å²) >= 11 is 0. The van der Waals surface area contributed by atoms with E-state index in [0.29, 0.717) is 25.5 Å². The zero-order valence-corrected chi connectivity index (χ0v) is 13.6. The third-order valence-corrected chi connectivity index (χ3v) is 4.28. The second-order valence-electron chi connectivity index (χ2n) is 6.06. The number of anilines is 1. The first-order chi connectivity index (χ1) is 11.6. The molecular formula is C17H21FN4O2. The largest absolute Gasteiger partial charge is 0.383 e. The molecule has 7 heteroatoms. The summed E-state index contributed by atoms with van der Waals surface area (Å²) in [5, 5.41) is 9.80. The number of methoxy groups -OCH3 is 1. The highest BCUT2D eigenvalue weighted by atomic mass is 19.1. The summed E-state index contributed by atoms with van der Waals surface area (Å²) in [7, 11) is 1.63. The Morgan fingerprint density at radius 2 is 2.25 bits per heavy atom. The topological polar surface area (TPSA) is 68.2 Å². The van der Waals surface area contributed by atoms with E-state index in [9.17, 15) is 9.18 Å². The van der Waals surface area contributed by atoms with E-state index in [1.165, 1.54) is 6.07 Å². The zero-order valence-electron chi connectivity index (χ0n) is 13.6. The number of amides is 2. The monoisotopic (exact) mass is 332 g/mol. The van der Waals surface area contributed by atoms with Gasteiger partial charge in [-0.05, 0) is 30.5 Å². The molecule has 0 radical (unpaired) electrons. The molecule has 0 atom stereocenters. The average Bonchev–Trinajstić information content (AvgIpc) is 3.25. The van der Waals surface area contributed by atoms with Gasteiger partial charge in [0.15, 0.2) is 5.82 Å². The molecule has 1 aromatic heterocycles. The van der Waals surface area contributed by atoms with Crippen LogP contribution in [0.3, 0.4) is 0 Å². The lowest BCUT2D eigenvalue weighted by atomic mass is 9.96. The molecule has 1 heterocycles. The van der Waals surface area contributed by atoms with Crippen molar-refractivity contribution in [2.24, 2.45) is 0 Å². The number of halogens is 1. The molecule has 0 bridgehead atoms. The van der Waals surface area contributed by atoms with E-state index in [4.69, 9.17) is 4.74 Å². The molecule has 0 saturated heterocycles. The smallest absolute Gasteiger partial charge is 0.320 e. The van der Waals surface area contributed by atoms with E-state index < -0.39 is 0 Å². The quantitative estimate of drug-likeness (QED) is 0.819. The molecule has 1 aliphatic carbocycles. The minimum Gasteiger partial charge on any atom is -0.383 e. The van der Waals surface area contributed by atoms with Gasteiger partial charge in [-0.1, -0.05) is 12.1 Å². The Labute approximate surface area is 140 Å². The number of hydrogen-bond donors (Lipinski definition) is 2. The Balaban J connectivity index is 1.51. The van der Waals surface area contributed by atoms with E-state index in [1.807, 2.05) is 6.07 Å². The predicted octanol–water partition coefficient (Wildman–Crippen LogP) is 2.52. The summed E-state index contributed by atoms with van der Waals surface area (Å²) in [6.45, 7) is 1.67. The zero-order chi connectivity index (χ0) is 17.0. The van der Waals surface area contributed by atoms with Crippen LogP contribution < -0.4 is 10.6 Å². The molecule has 2 N–H and O–H groups in total. The van der Waals surface area contributed by atoms with Crippen LogP contribution in [0.1, 0.15) is 18.4 Å². The summed E-state index contributed by atoms with van der Waals surface area (Å²) in [4.78, 5) is 12.0. The highest BCUT2D eigenvalue weighted by molar-refractivity contribution is 5.88. The van der Waals surface area contributed by atoms with Crippen LogP contribution in [0.25, 0.3) is 0 Å². The van der Waals surface area contributed by atoms with Crippen molar-refractivity contribution in [2.75, 3.05) is 25.6 Å². The molecular weight excluding hydrogens is 311 g/mol. The number of ether oxygens (including phenoxy) is 1. The van der Waals surface area contributed by atoms with Crippen molar-refractivity contribution in [1.29, 1.82) is 0 Å². The number of urea groups is 1. The molecule has 0 aliphatic heterocycles. The van der Waals surface area contributed by atoms with Gasteiger partial charge in [-0.3, -0.25) is 10.00 Å². The van der Waals surface area contributed by atoms with Gasteiger partial charge in [-0.25, -0.2) is 9.18 Å². The van der Waals surface area contributed by atoms with Gasteiger partial charge >= 0.3 is 6.03 Å². The van der Waals surface area contributed by atoms with E-state index in [1.54, 1.807) is 36.2 Å². The molecule has 3 rings (SSSR count). The van der Waals surface area contributed by atoms with Gasteiger partial charge in [0.05, 0.1) is 13.2 Å². The Morgan fingerprint density at radius 1 is 1.42 bits per heavy atom. The van der Waals surface area contributed by atoms with Crippen molar-refractivity contribution in [3.05, 3.63) is 47.9 Å². The molecule has 1 fully saturated rings. The SMILES string of the molecule is COCCn1ccc(NC(=O)NCC2(c3cccc(F)c3)CC2)n1. The standard InChI is InChI=1S/C17H21FN4O2/c1-24-10-9-22-8-5-15(21-22)20-16(23)19-12-17(6-7-17)13-3-2-4-14(18)11-13/h2-5,8,11H,6-7,9-10,12H2,1H3,(H2,19,20,21,23). The van der Waals surface area contributed by atoms with Gasteiger partial charge in [0.1, 0.15) is 5.82 Å². The first kappa shape index (κ1) is 16.4. The fourth-order valence-electron chi connectivity index (χ4n) is 2.68. The Hall–Kier alpha value is -2.41. The normalized spacial score (nSPS) is 15.1. The van der Waals surface area contributed by atoms with Crippen molar-refractivity contribution in [3.63, 3.8) is 0 Å². The number of hydrogen-bond acceptors (Lipinski definition) is 3. The fraction of sp³-hybridized carbons (Fsp3) is 0.412. The van der Waals surface area contributed by atoms with Crippen LogP contribution in [0, 0.1) is 5.82 Å². The van der Waals surface area contributed by atoms with Crippen LogP contribution in [0.4, 0.5) is 15.0 Å². The number of aromatic nitrogens is 2. The van der Waals surface area contributed by atoms with Gasteiger partial charge in [0.25, 0.3) is 0 Å². The Bertz CT molecular complexity index is 712. The number of nitrogens with one attached hydrogen (secondary N) is 2. The second-order valence-corrected chi connectivity index (χ2v) is 6.06. The van der Waals surface area contributed by atoms with Crippen LogP contribution in [-0.2, 0) is 16.7 Å². The van der Waals surface area contributed by atoms with Crippen LogP contribution in [0.15, 0.2) is 36.5 Å². The third-order valence-electron chi connectivity index (χ3n) is 4.28. The Morgan fingerprint density at radius 3 is 2.96 bits per heavy atom. The van der Waals surface area contributed by atoms with Crippen LogP contribution in [0.5, 0.6) is 0 Å². The van der Waals surface area contributed by atoms with E-state index in [0.717, 1.165) is 18.4 Å². The van der Waals surface area contributed by atoms with Crippen molar-refractivity contribution in [3.8, 4) is 0 Å². The van der Waals surface area contributed by atoms with Crippen molar-refractivity contribution < 1.29 is 13.9 Å². The van der Waals surface area contributed by atoms with Gasteiger partial charge < -0.3 is 10.1 Å². The maximum Gasteiger partial charge on any atom is 0.320 e. The summed E-state index contributed by atoms with van der Waals surface area (Å²) in [5.41, 5.74) is 0.795. The van der Waals surface area contributed by atoms with Crippen molar-refractivity contribution in [1.82, 2.24) is 15.1 Å². The lowest BCUT2D eigenvalue weighted by molar-refractivity contribution is 0.183. The summed E-state index contributed by atoms with van der Waals surface area (Å²) < 4.78 is 20.1. The number of benzene rings is 1. The number of rotatable bonds is 7. The maximum atomic E-state index is 13.4. The van der Waals surface area contributed by atoms with Crippen molar-refractivity contribution in [2.45, 2.75) is 24.8 Å². The Kier molecular flexibility index (Phi) is 4.80. The van der Waals surface area contributed by atoms with Crippen LogP contribution in [0.2, 0.25) is 0 Å². The van der Waals surface area contributed by atoms with Crippen LogP contribution in [-0.4, -0.2) is 36.1 Å². The minimum absolute atomic E-state index is 0.142. The second kappa shape index (κ2) is 7.00. The minimum atomic E-state index is -0.310. The average molecular weight is 332 g/mol. The third kappa shape index (κ3) is 3.91. The summed E-state index contributed by atoms with van der Waals surface area (Å²) in [5.74, 6) is 0.240. The van der Waals surface area contributed by atoms with E-state index in [-0.39, 0.29) is 17.3 Å². The summed E-state index contributed by atoms with van der Waals surface area (Å²) in [6, 6.07) is 8.01. The van der Waals surface area contributed by atoms with E-state index >= 15 is 0 Å². The lowest BCUT2D eigenvalue weighted by Gasteiger charge is -2.16. The first-order valence-electron chi connectivity index (χ1n) is 7.95. The van der Waals surface area contributed by atoms with Gasteiger partial charge in [0, 0.05) is 31.3 Å². The lowest BCUT2D eigenvalue weighted by Crippen LogP contribution is -2.35. The molecule has 1 aromatic carbocycles. The summed E-state index contributed by atoms with van der Waals surface area (Å²) in [6.07, 6.45) is 3.68. The predicted molar refractivity (Wildman–Crippen MR) is 88.4 cm³/mol. The number of carbonyl (C=O) groups is 1. The molecule has 24 heavy (non-hydrogen) atoms. The van der Waals surface area contributed by atoms with Gasteiger partial charge in [0.2, 0.25) is 0 Å². The number of carbonyl (C=O) groups excluding carboxylic acids is 1. The van der Waals surface area contributed by atoms with Gasteiger partial charge in [-0.15, -0.1) is 0 Å². The number of nitrogens with zero attached hydrogens (tertiary/aromatic N) is 2. The van der Waals surface area contributed by atoms with Gasteiger partial charge in [-0.2, -0.15) is 5.10 Å². The molecule has 2 amide bonds.